The van der Waals surface area contributed by atoms with Gasteiger partial charge in [0.15, 0.2) is 0 Å². The number of rotatable bonds is 3. The van der Waals surface area contributed by atoms with E-state index in [9.17, 15) is 14.9 Å². The minimum absolute atomic E-state index is 0.00538. The monoisotopic (exact) mass is 274 g/mol. The lowest BCUT2D eigenvalue weighted by atomic mass is 9.61. The standard InChI is InChI=1S/C15H18N2O3/c1-15(2)10-7-12(15)13(8-10)16-14(18)9-3-5-11(6-4-9)17(19)20/h3-6,10,12-13H,7-8H2,1-2H3,(H,16,18)/t10-,12+,13+/m0/s1. The summed E-state index contributed by atoms with van der Waals surface area (Å²) in [7, 11) is 0. The number of nitro groups is 1. The molecule has 1 aromatic carbocycles. The van der Waals surface area contributed by atoms with Gasteiger partial charge in [-0.2, -0.15) is 0 Å². The van der Waals surface area contributed by atoms with E-state index in [-0.39, 0.29) is 17.6 Å². The summed E-state index contributed by atoms with van der Waals surface area (Å²) in [5.74, 6) is 1.15. The van der Waals surface area contributed by atoms with Crippen LogP contribution < -0.4 is 5.32 Å². The molecule has 5 nitrogen and oxygen atoms in total. The zero-order valence-corrected chi connectivity index (χ0v) is 11.6. The average molecular weight is 274 g/mol. The van der Waals surface area contributed by atoms with Crippen molar-refractivity contribution in [2.24, 2.45) is 17.3 Å². The largest absolute Gasteiger partial charge is 0.349 e. The number of benzene rings is 1. The molecule has 1 N–H and O–H groups in total. The van der Waals surface area contributed by atoms with E-state index in [1.807, 2.05) is 0 Å². The van der Waals surface area contributed by atoms with Crippen LogP contribution in [0.1, 0.15) is 37.0 Å². The number of nitrogens with one attached hydrogen (secondary N) is 1. The molecule has 0 heterocycles. The fourth-order valence-electron chi connectivity index (χ4n) is 3.76. The van der Waals surface area contributed by atoms with E-state index in [4.69, 9.17) is 0 Å². The third-order valence-electron chi connectivity index (χ3n) is 5.23. The lowest BCUT2D eigenvalue weighted by molar-refractivity contribution is -0.384. The van der Waals surface area contributed by atoms with Crippen LogP contribution in [0.4, 0.5) is 5.69 Å². The smallest absolute Gasteiger partial charge is 0.269 e. The highest BCUT2D eigenvalue weighted by Gasteiger charge is 2.58. The van der Waals surface area contributed by atoms with E-state index in [0.717, 1.165) is 12.3 Å². The molecular formula is C15H18N2O3. The van der Waals surface area contributed by atoms with E-state index >= 15 is 0 Å². The molecule has 1 amide bonds. The number of amides is 1. The molecule has 2 bridgehead atoms. The van der Waals surface area contributed by atoms with Crippen LogP contribution in [0, 0.1) is 27.4 Å². The van der Waals surface area contributed by atoms with E-state index in [2.05, 4.69) is 19.2 Å². The Bertz CT molecular complexity index is 565. The maximum atomic E-state index is 12.2. The van der Waals surface area contributed by atoms with Crippen LogP contribution in [0.5, 0.6) is 0 Å². The van der Waals surface area contributed by atoms with Crippen molar-refractivity contribution in [2.45, 2.75) is 32.7 Å². The average Bonchev–Trinajstić information content (AvgIpc) is 2.94. The summed E-state index contributed by atoms with van der Waals surface area (Å²) in [6, 6.07) is 6.01. The van der Waals surface area contributed by atoms with Gasteiger partial charge in [-0.3, -0.25) is 14.9 Å². The highest BCUT2D eigenvalue weighted by atomic mass is 16.6. The van der Waals surface area contributed by atoms with Gasteiger partial charge in [0.25, 0.3) is 11.6 Å². The van der Waals surface area contributed by atoms with Gasteiger partial charge in [0.05, 0.1) is 4.92 Å². The van der Waals surface area contributed by atoms with Crippen LogP contribution in [0.25, 0.3) is 0 Å². The molecule has 20 heavy (non-hydrogen) atoms. The second kappa shape index (κ2) is 4.30. The molecule has 106 valence electrons. The molecule has 0 spiro atoms. The number of nitro benzene ring substituents is 1. The first-order valence-electron chi connectivity index (χ1n) is 6.95. The van der Waals surface area contributed by atoms with Crippen LogP contribution in [0.3, 0.4) is 0 Å². The maximum Gasteiger partial charge on any atom is 0.269 e. The van der Waals surface area contributed by atoms with Crippen LogP contribution in [0.15, 0.2) is 24.3 Å². The Hall–Kier alpha value is -1.91. The van der Waals surface area contributed by atoms with Gasteiger partial charge in [-0.25, -0.2) is 0 Å². The number of hydrogen-bond acceptors (Lipinski definition) is 3. The van der Waals surface area contributed by atoms with Crippen molar-refractivity contribution < 1.29 is 9.72 Å². The quantitative estimate of drug-likeness (QED) is 0.680. The molecule has 3 fully saturated rings. The van der Waals surface area contributed by atoms with E-state index < -0.39 is 4.92 Å². The van der Waals surface area contributed by atoms with Crippen molar-refractivity contribution >= 4 is 11.6 Å². The molecule has 3 saturated carbocycles. The molecule has 3 aliphatic carbocycles. The second-order valence-electron chi connectivity index (χ2n) is 6.48. The lowest BCUT2D eigenvalue weighted by Crippen LogP contribution is -2.44. The maximum absolute atomic E-state index is 12.2. The van der Waals surface area contributed by atoms with Crippen molar-refractivity contribution in [1.29, 1.82) is 0 Å². The highest BCUT2D eigenvalue weighted by Crippen LogP contribution is 2.61. The minimum atomic E-state index is -0.462. The Balaban J connectivity index is 1.67. The van der Waals surface area contributed by atoms with Gasteiger partial charge in [-0.05, 0) is 42.2 Å². The first-order valence-corrected chi connectivity index (χ1v) is 6.95. The molecule has 1 aromatic rings. The number of carbonyl (C=O) groups is 1. The molecule has 0 unspecified atom stereocenters. The molecule has 0 saturated heterocycles. The highest BCUT2D eigenvalue weighted by molar-refractivity contribution is 5.94. The SMILES string of the molecule is CC1(C)[C@H]2C[C@@H]1[C@H](NC(=O)c1ccc([N+](=O)[O-])cc1)C2. The first-order chi connectivity index (χ1) is 9.39. The Morgan fingerprint density at radius 3 is 2.40 bits per heavy atom. The summed E-state index contributed by atoms with van der Waals surface area (Å²) in [6.45, 7) is 4.54. The van der Waals surface area contributed by atoms with E-state index in [1.165, 1.54) is 30.7 Å². The Kier molecular flexibility index (Phi) is 2.81. The predicted octanol–water partition coefficient (Wildman–Crippen LogP) is 2.76. The van der Waals surface area contributed by atoms with Gasteiger partial charge in [0.1, 0.15) is 0 Å². The van der Waals surface area contributed by atoms with Crippen LogP contribution >= 0.6 is 0 Å². The van der Waals surface area contributed by atoms with Crippen molar-refractivity contribution in [3.05, 3.63) is 39.9 Å². The summed E-state index contributed by atoms with van der Waals surface area (Å²) in [6.07, 6.45) is 2.26. The molecule has 4 rings (SSSR count). The van der Waals surface area contributed by atoms with Crippen LogP contribution in [0.2, 0.25) is 0 Å². The number of hydrogen-bond donors (Lipinski definition) is 1. The van der Waals surface area contributed by atoms with Gasteiger partial charge in [-0.1, -0.05) is 13.8 Å². The topological polar surface area (TPSA) is 72.2 Å². The minimum Gasteiger partial charge on any atom is -0.349 e. The number of non-ortho nitro benzene ring substituents is 1. The lowest BCUT2D eigenvalue weighted by Gasteiger charge is -2.45. The number of fused-ring (bicyclic) bond motifs is 1. The predicted molar refractivity (Wildman–Crippen MR) is 74.3 cm³/mol. The van der Waals surface area contributed by atoms with Crippen molar-refractivity contribution in [3.63, 3.8) is 0 Å². The Labute approximate surface area is 117 Å². The summed E-state index contributed by atoms with van der Waals surface area (Å²) in [4.78, 5) is 22.3. The first kappa shape index (κ1) is 13.1. The Morgan fingerprint density at radius 2 is 1.95 bits per heavy atom. The second-order valence-corrected chi connectivity index (χ2v) is 6.48. The third kappa shape index (κ3) is 1.88. The van der Waals surface area contributed by atoms with Gasteiger partial charge in [-0.15, -0.1) is 0 Å². The van der Waals surface area contributed by atoms with Crippen molar-refractivity contribution in [1.82, 2.24) is 5.32 Å². The van der Waals surface area contributed by atoms with Gasteiger partial charge < -0.3 is 5.32 Å². The zero-order chi connectivity index (χ0) is 14.5. The molecule has 0 aromatic heterocycles. The molecule has 0 aliphatic heterocycles. The fraction of sp³-hybridized carbons (Fsp3) is 0.533. The molecule has 3 aliphatic rings. The Morgan fingerprint density at radius 1 is 1.30 bits per heavy atom. The van der Waals surface area contributed by atoms with Crippen LogP contribution in [-0.4, -0.2) is 16.9 Å². The van der Waals surface area contributed by atoms with E-state index in [1.54, 1.807) is 0 Å². The zero-order valence-electron chi connectivity index (χ0n) is 11.6. The van der Waals surface area contributed by atoms with Gasteiger partial charge in [0.2, 0.25) is 0 Å². The summed E-state index contributed by atoms with van der Waals surface area (Å²) >= 11 is 0. The summed E-state index contributed by atoms with van der Waals surface area (Å²) in [5.41, 5.74) is 0.830. The summed E-state index contributed by atoms with van der Waals surface area (Å²) < 4.78 is 0. The van der Waals surface area contributed by atoms with E-state index in [0.29, 0.717) is 16.9 Å². The van der Waals surface area contributed by atoms with Crippen molar-refractivity contribution in [3.8, 4) is 0 Å². The molecule has 5 heteroatoms. The number of nitrogens with zero attached hydrogens (tertiary/aromatic N) is 1. The fourth-order valence-corrected chi connectivity index (χ4v) is 3.76. The van der Waals surface area contributed by atoms with Gasteiger partial charge >= 0.3 is 0 Å². The van der Waals surface area contributed by atoms with Gasteiger partial charge in [0, 0.05) is 23.7 Å². The van der Waals surface area contributed by atoms with Crippen molar-refractivity contribution in [2.75, 3.05) is 0 Å². The molecular weight excluding hydrogens is 256 g/mol. The third-order valence-corrected chi connectivity index (χ3v) is 5.23. The molecule has 0 radical (unpaired) electrons. The van der Waals surface area contributed by atoms with Crippen LogP contribution in [-0.2, 0) is 0 Å². The number of carbonyl (C=O) groups excluding carboxylic acids is 1. The molecule has 3 atom stereocenters. The normalized spacial score (nSPS) is 29.6. The summed E-state index contributed by atoms with van der Waals surface area (Å²) in [5, 5.41) is 13.7.